The molecule has 0 saturated carbocycles. The first-order valence-corrected chi connectivity index (χ1v) is 9.80. The lowest BCUT2D eigenvalue weighted by molar-refractivity contribution is -0.149. The number of Topliss-reactive ketones (excluding diaryl/α,β-unsaturated/α-hetero) is 1. The topological polar surface area (TPSA) is 100 Å². The summed E-state index contributed by atoms with van der Waals surface area (Å²) in [6.07, 6.45) is 0.625. The number of aromatic amines is 1. The van der Waals surface area contributed by atoms with Crippen LogP contribution in [0.25, 0.3) is 10.9 Å². The van der Waals surface area contributed by atoms with E-state index < -0.39 is 24.1 Å². The summed E-state index contributed by atoms with van der Waals surface area (Å²) in [4.78, 5) is 40.8. The fraction of sp³-hybridized carbons (Fsp3) is 0.261. The van der Waals surface area contributed by atoms with Crippen molar-refractivity contribution in [3.05, 3.63) is 66.4 Å². The van der Waals surface area contributed by atoms with Crippen molar-refractivity contribution < 1.29 is 19.1 Å². The zero-order valence-corrected chi connectivity index (χ0v) is 17.1. The predicted octanol–water partition coefficient (Wildman–Crippen LogP) is 4.13. The maximum Gasteiger partial charge on any atom is 0.329 e. The summed E-state index contributed by atoms with van der Waals surface area (Å²) >= 11 is 0. The van der Waals surface area contributed by atoms with Crippen LogP contribution < -0.4 is 10.6 Å². The van der Waals surface area contributed by atoms with E-state index in [1.807, 2.05) is 30.3 Å². The molecule has 3 N–H and O–H groups in total. The second-order valence-electron chi connectivity index (χ2n) is 7.38. The number of carbonyl (C=O) groups excluding carboxylic acids is 3. The Morgan fingerprint density at radius 3 is 2.30 bits per heavy atom. The van der Waals surface area contributed by atoms with Gasteiger partial charge in [-0.2, -0.15) is 0 Å². The molecule has 2 amide bonds. The van der Waals surface area contributed by atoms with E-state index in [0.29, 0.717) is 11.3 Å². The second-order valence-corrected chi connectivity index (χ2v) is 7.38. The van der Waals surface area contributed by atoms with Gasteiger partial charge >= 0.3 is 12.0 Å². The van der Waals surface area contributed by atoms with E-state index in [1.165, 1.54) is 6.92 Å². The van der Waals surface area contributed by atoms with Gasteiger partial charge in [0.2, 0.25) is 5.78 Å². The molecule has 30 heavy (non-hydrogen) atoms. The summed E-state index contributed by atoms with van der Waals surface area (Å²) in [7, 11) is 0. The highest BCUT2D eigenvalue weighted by molar-refractivity contribution is 6.10. The summed E-state index contributed by atoms with van der Waals surface area (Å²) in [5.41, 5.74) is 1.90. The Labute approximate surface area is 174 Å². The molecule has 0 aliphatic rings. The van der Waals surface area contributed by atoms with Crippen LogP contribution in [-0.2, 0) is 9.53 Å². The van der Waals surface area contributed by atoms with Crippen LogP contribution in [0, 0.1) is 5.92 Å². The normalized spacial score (nSPS) is 12.9. The predicted molar refractivity (Wildman–Crippen MR) is 115 cm³/mol. The lowest BCUT2D eigenvalue weighted by Crippen LogP contribution is -2.48. The van der Waals surface area contributed by atoms with Gasteiger partial charge in [-0.1, -0.05) is 50.2 Å². The first kappa shape index (κ1) is 21.1. The number of fused-ring (bicyclic) bond motifs is 1. The maximum absolute atomic E-state index is 12.8. The van der Waals surface area contributed by atoms with Gasteiger partial charge in [-0.25, -0.2) is 9.59 Å². The molecule has 7 nitrogen and oxygen atoms in total. The number of esters is 1. The number of rotatable bonds is 7. The van der Waals surface area contributed by atoms with Crippen molar-refractivity contribution in [2.45, 2.75) is 32.9 Å². The van der Waals surface area contributed by atoms with Crippen LogP contribution in [0.4, 0.5) is 10.5 Å². The quantitative estimate of drug-likeness (QED) is 0.405. The Balaban J connectivity index is 1.65. The van der Waals surface area contributed by atoms with E-state index in [2.05, 4.69) is 15.6 Å². The van der Waals surface area contributed by atoms with Gasteiger partial charge in [-0.05, 0) is 31.0 Å². The van der Waals surface area contributed by atoms with Crippen molar-refractivity contribution in [2.24, 2.45) is 5.92 Å². The minimum Gasteiger partial charge on any atom is -0.453 e. The third-order valence-corrected chi connectivity index (χ3v) is 4.76. The van der Waals surface area contributed by atoms with E-state index >= 15 is 0 Å². The lowest BCUT2D eigenvalue weighted by Gasteiger charge is -2.23. The number of aromatic nitrogens is 1. The molecular formula is C23H25N3O4. The van der Waals surface area contributed by atoms with Gasteiger partial charge in [0.15, 0.2) is 6.10 Å². The number of hydrogen-bond donors (Lipinski definition) is 3. The highest BCUT2D eigenvalue weighted by atomic mass is 16.5. The van der Waals surface area contributed by atoms with Crippen LogP contribution >= 0.6 is 0 Å². The Bertz CT molecular complexity index is 1040. The molecular weight excluding hydrogens is 382 g/mol. The number of benzene rings is 2. The molecule has 0 radical (unpaired) electrons. The van der Waals surface area contributed by atoms with Crippen molar-refractivity contribution in [1.29, 1.82) is 0 Å². The molecule has 0 unspecified atom stereocenters. The van der Waals surface area contributed by atoms with Crippen molar-refractivity contribution in [2.75, 3.05) is 5.32 Å². The third-order valence-electron chi connectivity index (χ3n) is 4.76. The summed E-state index contributed by atoms with van der Waals surface area (Å²) in [6, 6.07) is 14.9. The molecule has 0 aliphatic carbocycles. The standard InChI is InChI=1S/C23H25N3O4/c1-14(2)20(26-23(29)25-16-9-5-4-6-10-16)22(28)30-15(3)21(27)18-13-24-19-12-8-7-11-17(18)19/h4-15,20,24H,1-3H3,(H2,25,26,29)/t15-,20+/m0/s1. The molecule has 7 heteroatoms. The molecule has 0 bridgehead atoms. The van der Waals surface area contributed by atoms with Gasteiger partial charge in [0, 0.05) is 28.4 Å². The van der Waals surface area contributed by atoms with Gasteiger partial charge < -0.3 is 20.4 Å². The number of urea groups is 1. The number of amides is 2. The number of para-hydroxylation sites is 2. The van der Waals surface area contributed by atoms with Crippen LogP contribution in [0.2, 0.25) is 0 Å². The number of ether oxygens (including phenoxy) is 1. The molecule has 0 saturated heterocycles. The molecule has 3 aromatic rings. The van der Waals surface area contributed by atoms with Crippen LogP contribution in [0.1, 0.15) is 31.1 Å². The highest BCUT2D eigenvalue weighted by Gasteiger charge is 2.30. The van der Waals surface area contributed by atoms with Gasteiger partial charge in [-0.15, -0.1) is 0 Å². The monoisotopic (exact) mass is 407 g/mol. The molecule has 156 valence electrons. The highest BCUT2D eigenvalue weighted by Crippen LogP contribution is 2.20. The summed E-state index contributed by atoms with van der Waals surface area (Å²) in [5.74, 6) is -1.19. The van der Waals surface area contributed by atoms with Gasteiger partial charge in [0.25, 0.3) is 0 Å². The van der Waals surface area contributed by atoms with E-state index in [0.717, 1.165) is 10.9 Å². The number of H-pyrrole nitrogens is 1. The summed E-state index contributed by atoms with van der Waals surface area (Å²) < 4.78 is 5.41. The van der Waals surface area contributed by atoms with Crippen LogP contribution in [0.15, 0.2) is 60.8 Å². The largest absolute Gasteiger partial charge is 0.453 e. The number of carbonyl (C=O) groups is 3. The molecule has 2 aromatic carbocycles. The Hall–Kier alpha value is -3.61. The summed E-state index contributed by atoms with van der Waals surface area (Å²) in [6.45, 7) is 5.12. The SMILES string of the molecule is CC(C)[C@@H](NC(=O)Nc1ccccc1)C(=O)O[C@@H](C)C(=O)c1c[nH]c2ccccc12. The minimum absolute atomic E-state index is 0.227. The Kier molecular flexibility index (Phi) is 6.51. The number of ketones is 1. The maximum atomic E-state index is 12.8. The number of nitrogens with one attached hydrogen (secondary N) is 3. The van der Waals surface area contributed by atoms with Crippen molar-refractivity contribution in [3.8, 4) is 0 Å². The molecule has 0 aliphatic heterocycles. The first-order valence-electron chi connectivity index (χ1n) is 9.80. The minimum atomic E-state index is -0.989. The average molecular weight is 407 g/mol. The Morgan fingerprint density at radius 2 is 1.60 bits per heavy atom. The van der Waals surface area contributed by atoms with Crippen molar-refractivity contribution in [1.82, 2.24) is 10.3 Å². The molecule has 1 heterocycles. The fourth-order valence-corrected chi connectivity index (χ4v) is 3.12. The summed E-state index contributed by atoms with van der Waals surface area (Å²) in [5, 5.41) is 6.07. The zero-order chi connectivity index (χ0) is 21.7. The van der Waals surface area contributed by atoms with Crippen LogP contribution in [0.5, 0.6) is 0 Å². The van der Waals surface area contributed by atoms with Crippen LogP contribution in [0.3, 0.4) is 0 Å². The first-order chi connectivity index (χ1) is 14.4. The average Bonchev–Trinajstić information content (AvgIpc) is 3.16. The van der Waals surface area contributed by atoms with E-state index in [9.17, 15) is 14.4 Å². The van der Waals surface area contributed by atoms with Crippen molar-refractivity contribution in [3.63, 3.8) is 0 Å². The molecule has 0 fully saturated rings. The zero-order valence-electron chi connectivity index (χ0n) is 17.1. The van der Waals surface area contributed by atoms with E-state index in [1.54, 1.807) is 44.3 Å². The molecule has 2 atom stereocenters. The molecule has 0 spiro atoms. The number of hydrogen-bond acceptors (Lipinski definition) is 4. The van der Waals surface area contributed by atoms with Crippen molar-refractivity contribution >= 4 is 34.4 Å². The fourth-order valence-electron chi connectivity index (χ4n) is 3.12. The van der Waals surface area contributed by atoms with E-state index in [4.69, 9.17) is 4.74 Å². The number of anilines is 1. The lowest BCUT2D eigenvalue weighted by atomic mass is 10.0. The Morgan fingerprint density at radius 1 is 0.933 bits per heavy atom. The third kappa shape index (κ3) is 4.86. The molecule has 3 rings (SSSR count). The van der Waals surface area contributed by atoms with Crippen LogP contribution in [-0.4, -0.2) is 34.9 Å². The van der Waals surface area contributed by atoms with E-state index in [-0.39, 0.29) is 11.7 Å². The smallest absolute Gasteiger partial charge is 0.329 e. The van der Waals surface area contributed by atoms with Gasteiger partial charge in [0.1, 0.15) is 6.04 Å². The van der Waals surface area contributed by atoms with Gasteiger partial charge in [-0.3, -0.25) is 4.79 Å². The molecule has 1 aromatic heterocycles. The van der Waals surface area contributed by atoms with Gasteiger partial charge in [0.05, 0.1) is 0 Å². The second kappa shape index (κ2) is 9.26.